The summed E-state index contributed by atoms with van der Waals surface area (Å²) in [4.78, 5) is 28.3. The van der Waals surface area contributed by atoms with Crippen molar-refractivity contribution < 1.29 is 23.8 Å². The molecular formula is C23H22N2O5. The quantitative estimate of drug-likeness (QED) is 0.773. The fourth-order valence-corrected chi connectivity index (χ4v) is 4.76. The number of benzene rings is 2. The molecule has 7 nitrogen and oxygen atoms in total. The maximum Gasteiger partial charge on any atom is 0.234 e. The maximum absolute atomic E-state index is 13.3. The van der Waals surface area contributed by atoms with Gasteiger partial charge in [-0.15, -0.1) is 0 Å². The number of nitrogens with zero attached hydrogens (tertiary/aromatic N) is 1. The van der Waals surface area contributed by atoms with Crippen LogP contribution in [-0.4, -0.2) is 44.3 Å². The number of methoxy groups -OCH3 is 2. The van der Waals surface area contributed by atoms with Crippen molar-refractivity contribution in [1.29, 1.82) is 0 Å². The Morgan fingerprint density at radius 3 is 2.63 bits per heavy atom. The average molecular weight is 406 g/mol. The molecule has 30 heavy (non-hydrogen) atoms. The van der Waals surface area contributed by atoms with Crippen molar-refractivity contribution in [1.82, 2.24) is 0 Å². The third kappa shape index (κ3) is 2.69. The monoisotopic (exact) mass is 406 g/mol. The summed E-state index contributed by atoms with van der Waals surface area (Å²) in [6.45, 7) is 0.410. The summed E-state index contributed by atoms with van der Waals surface area (Å²) in [6, 6.07) is 14.6. The molecule has 1 spiro atoms. The molecule has 7 heteroatoms. The third-order valence-corrected chi connectivity index (χ3v) is 6.12. The lowest BCUT2D eigenvalue weighted by Crippen LogP contribution is -2.41. The van der Waals surface area contributed by atoms with Crippen molar-refractivity contribution >= 4 is 23.2 Å². The molecule has 1 N–H and O–H groups in total. The first-order valence-electron chi connectivity index (χ1n) is 9.83. The molecule has 0 aliphatic carbocycles. The topological polar surface area (TPSA) is 77.1 Å². The molecule has 0 radical (unpaired) electrons. The van der Waals surface area contributed by atoms with E-state index in [1.165, 1.54) is 7.11 Å². The van der Waals surface area contributed by atoms with Crippen molar-refractivity contribution in [3.8, 4) is 11.5 Å². The number of carbonyl (C=O) groups is 2. The molecule has 0 saturated carbocycles. The average Bonchev–Trinajstić information content (AvgIpc) is 3.42. The van der Waals surface area contributed by atoms with Crippen LogP contribution < -0.4 is 19.7 Å². The van der Waals surface area contributed by atoms with E-state index in [0.717, 1.165) is 5.69 Å². The van der Waals surface area contributed by atoms with Gasteiger partial charge in [0.15, 0.2) is 11.5 Å². The van der Waals surface area contributed by atoms with E-state index in [-0.39, 0.29) is 11.8 Å². The number of carbonyl (C=O) groups excluding carboxylic acids is 2. The summed E-state index contributed by atoms with van der Waals surface area (Å²) < 4.78 is 16.7. The van der Waals surface area contributed by atoms with Crippen LogP contribution in [0.5, 0.6) is 11.5 Å². The summed E-state index contributed by atoms with van der Waals surface area (Å²) in [5.41, 5.74) is 0.631. The number of ether oxygens (including phenoxy) is 3. The second-order valence-electron chi connectivity index (χ2n) is 7.72. The van der Waals surface area contributed by atoms with E-state index >= 15 is 0 Å². The number of hydrogen-bond acceptors (Lipinski definition) is 5. The minimum Gasteiger partial charge on any atom is -0.493 e. The lowest BCUT2D eigenvalue weighted by Gasteiger charge is -2.23. The highest BCUT2D eigenvalue weighted by Crippen LogP contribution is 2.52. The van der Waals surface area contributed by atoms with E-state index in [0.29, 0.717) is 23.7 Å². The number of fused-ring (bicyclic) bond motifs is 1. The van der Waals surface area contributed by atoms with Gasteiger partial charge >= 0.3 is 0 Å². The minimum absolute atomic E-state index is 0.0829. The first kappa shape index (κ1) is 18.7. The molecule has 4 atom stereocenters. The zero-order valence-electron chi connectivity index (χ0n) is 16.7. The number of rotatable bonds is 5. The van der Waals surface area contributed by atoms with Crippen molar-refractivity contribution in [2.45, 2.75) is 11.7 Å². The van der Waals surface area contributed by atoms with Gasteiger partial charge in [0.25, 0.3) is 0 Å². The molecule has 3 aliphatic heterocycles. The van der Waals surface area contributed by atoms with E-state index in [1.807, 2.05) is 42.5 Å². The van der Waals surface area contributed by atoms with Crippen LogP contribution in [0.25, 0.3) is 0 Å². The van der Waals surface area contributed by atoms with Crippen molar-refractivity contribution in [3.05, 3.63) is 60.7 Å². The molecule has 2 bridgehead atoms. The highest BCUT2D eigenvalue weighted by Gasteiger charge is 2.67. The Balaban J connectivity index is 1.41. The van der Waals surface area contributed by atoms with Crippen LogP contribution in [0.1, 0.15) is 0 Å². The van der Waals surface area contributed by atoms with Crippen LogP contribution >= 0.6 is 0 Å². The fraction of sp³-hybridized carbons (Fsp3) is 0.304. The SMILES string of the molecule is COc1ccc(NC(=O)[C@H]2[C@H]3C=C[C@@]4(CN(c5ccccc5)C(=O)[C@@H]24)O3)cc1OC. The predicted octanol–water partition coefficient (Wildman–Crippen LogP) is 2.63. The van der Waals surface area contributed by atoms with Crippen molar-refractivity contribution in [2.24, 2.45) is 11.8 Å². The lowest BCUT2D eigenvalue weighted by atomic mass is 9.77. The Kier molecular flexibility index (Phi) is 4.29. The van der Waals surface area contributed by atoms with Crippen LogP contribution in [0.15, 0.2) is 60.7 Å². The van der Waals surface area contributed by atoms with E-state index in [1.54, 1.807) is 30.2 Å². The molecule has 2 aromatic carbocycles. The molecule has 3 heterocycles. The molecule has 2 aromatic rings. The summed E-state index contributed by atoms with van der Waals surface area (Å²) in [5, 5.41) is 2.92. The first-order valence-corrected chi connectivity index (χ1v) is 9.83. The van der Waals surface area contributed by atoms with Gasteiger partial charge in [0.1, 0.15) is 5.60 Å². The molecule has 2 saturated heterocycles. The third-order valence-electron chi connectivity index (χ3n) is 6.12. The molecule has 5 rings (SSSR count). The molecule has 0 aromatic heterocycles. The van der Waals surface area contributed by atoms with Crippen LogP contribution in [0.4, 0.5) is 11.4 Å². The first-order chi connectivity index (χ1) is 14.6. The molecule has 154 valence electrons. The number of nitrogens with one attached hydrogen (secondary N) is 1. The van der Waals surface area contributed by atoms with Gasteiger partial charge in [0.2, 0.25) is 11.8 Å². The van der Waals surface area contributed by atoms with Crippen LogP contribution in [0.3, 0.4) is 0 Å². The minimum atomic E-state index is -0.753. The zero-order valence-corrected chi connectivity index (χ0v) is 16.7. The number of anilines is 2. The van der Waals surface area contributed by atoms with Crippen molar-refractivity contribution in [3.63, 3.8) is 0 Å². The Morgan fingerprint density at radius 2 is 1.90 bits per heavy atom. The molecule has 2 amide bonds. The van der Waals surface area contributed by atoms with E-state index < -0.39 is 23.5 Å². The highest BCUT2D eigenvalue weighted by atomic mass is 16.5. The summed E-state index contributed by atoms with van der Waals surface area (Å²) in [7, 11) is 3.09. The second kappa shape index (κ2) is 6.88. The predicted molar refractivity (Wildman–Crippen MR) is 111 cm³/mol. The number of para-hydroxylation sites is 1. The van der Waals surface area contributed by atoms with E-state index in [4.69, 9.17) is 14.2 Å². The van der Waals surface area contributed by atoms with Gasteiger partial charge in [-0.3, -0.25) is 9.59 Å². The summed E-state index contributed by atoms with van der Waals surface area (Å²) in [5.74, 6) is -0.377. The maximum atomic E-state index is 13.3. The zero-order chi connectivity index (χ0) is 20.9. The van der Waals surface area contributed by atoms with Crippen LogP contribution in [-0.2, 0) is 14.3 Å². The lowest BCUT2D eigenvalue weighted by molar-refractivity contribution is -0.128. The van der Waals surface area contributed by atoms with E-state index in [9.17, 15) is 9.59 Å². The standard InChI is InChI=1S/C23H22N2O5/c1-28-16-9-8-14(12-18(16)29-2)24-21(26)19-17-10-11-23(30-17)13-25(22(27)20(19)23)15-6-4-3-5-7-15/h3-12,17,19-20H,13H2,1-2H3,(H,24,26)/t17-,19+,20-,23+/m1/s1. The van der Waals surface area contributed by atoms with Gasteiger partial charge in [-0.1, -0.05) is 30.4 Å². The largest absolute Gasteiger partial charge is 0.493 e. The normalized spacial score (nSPS) is 28.5. The Labute approximate surface area is 174 Å². The Hall–Kier alpha value is -3.32. The Bertz CT molecular complexity index is 1040. The smallest absolute Gasteiger partial charge is 0.234 e. The van der Waals surface area contributed by atoms with Gasteiger partial charge in [-0.25, -0.2) is 0 Å². The second-order valence-corrected chi connectivity index (χ2v) is 7.72. The van der Waals surface area contributed by atoms with Gasteiger partial charge in [0.05, 0.1) is 38.7 Å². The Morgan fingerprint density at radius 1 is 1.13 bits per heavy atom. The molecular weight excluding hydrogens is 384 g/mol. The molecule has 0 unspecified atom stereocenters. The van der Waals surface area contributed by atoms with Gasteiger partial charge in [-0.05, 0) is 24.3 Å². The van der Waals surface area contributed by atoms with Crippen molar-refractivity contribution in [2.75, 3.05) is 31.0 Å². The molecule has 2 fully saturated rings. The van der Waals surface area contributed by atoms with Crippen LogP contribution in [0.2, 0.25) is 0 Å². The molecule has 3 aliphatic rings. The fourth-order valence-electron chi connectivity index (χ4n) is 4.76. The van der Waals surface area contributed by atoms with Gasteiger partial charge in [-0.2, -0.15) is 0 Å². The number of hydrogen-bond donors (Lipinski definition) is 1. The van der Waals surface area contributed by atoms with Crippen LogP contribution in [0, 0.1) is 11.8 Å². The highest BCUT2D eigenvalue weighted by molar-refractivity contribution is 6.05. The van der Waals surface area contributed by atoms with E-state index in [2.05, 4.69) is 5.32 Å². The summed E-state index contributed by atoms with van der Waals surface area (Å²) in [6.07, 6.45) is 3.44. The summed E-state index contributed by atoms with van der Waals surface area (Å²) >= 11 is 0. The van der Waals surface area contributed by atoms with Gasteiger partial charge < -0.3 is 24.4 Å². The van der Waals surface area contributed by atoms with Gasteiger partial charge in [0, 0.05) is 17.4 Å². The number of amides is 2.